The van der Waals surface area contributed by atoms with Crippen LogP contribution in [0.25, 0.3) is 0 Å². The molecule has 0 saturated carbocycles. The molecule has 0 bridgehead atoms. The molecule has 0 aliphatic rings. The van der Waals surface area contributed by atoms with Gasteiger partial charge >= 0.3 is 0 Å². The average molecular weight is 221 g/mol. The predicted molar refractivity (Wildman–Crippen MR) is 68.9 cm³/mol. The van der Waals surface area contributed by atoms with Crippen molar-refractivity contribution in [2.75, 3.05) is 11.9 Å². The number of hydrogen-bond acceptors (Lipinski definition) is 3. The number of hydrogen-bond donors (Lipinski definition) is 1. The largest absolute Gasteiger partial charge is 0.370 e. The SMILES string of the molecule is CCCNc1cc(C)nc(C(CC)CC)n1. The fraction of sp³-hybridized carbons (Fsp3) is 0.692. The number of aryl methyl sites for hydroxylation is 1. The summed E-state index contributed by atoms with van der Waals surface area (Å²) in [6.45, 7) is 9.55. The minimum absolute atomic E-state index is 0.488. The highest BCUT2D eigenvalue weighted by Crippen LogP contribution is 2.21. The Hall–Kier alpha value is -1.12. The summed E-state index contributed by atoms with van der Waals surface area (Å²) in [4.78, 5) is 9.12. The van der Waals surface area contributed by atoms with Crippen molar-refractivity contribution in [1.29, 1.82) is 0 Å². The van der Waals surface area contributed by atoms with E-state index in [0.29, 0.717) is 5.92 Å². The van der Waals surface area contributed by atoms with Crippen LogP contribution in [0.1, 0.15) is 57.5 Å². The zero-order valence-corrected chi connectivity index (χ0v) is 10.9. The van der Waals surface area contributed by atoms with Crippen molar-refractivity contribution >= 4 is 5.82 Å². The van der Waals surface area contributed by atoms with Crippen LogP contribution >= 0.6 is 0 Å². The van der Waals surface area contributed by atoms with Crippen molar-refractivity contribution in [3.05, 3.63) is 17.6 Å². The van der Waals surface area contributed by atoms with Crippen molar-refractivity contribution < 1.29 is 0 Å². The van der Waals surface area contributed by atoms with E-state index in [1.54, 1.807) is 0 Å². The molecule has 90 valence electrons. The van der Waals surface area contributed by atoms with Crippen molar-refractivity contribution in [1.82, 2.24) is 9.97 Å². The van der Waals surface area contributed by atoms with E-state index in [1.165, 1.54) is 0 Å². The molecular weight excluding hydrogens is 198 g/mol. The van der Waals surface area contributed by atoms with Crippen LogP contribution in [0.15, 0.2) is 6.07 Å². The maximum absolute atomic E-state index is 4.59. The summed E-state index contributed by atoms with van der Waals surface area (Å²) in [5, 5.41) is 3.33. The van der Waals surface area contributed by atoms with E-state index in [4.69, 9.17) is 0 Å². The minimum atomic E-state index is 0.488. The van der Waals surface area contributed by atoms with Crippen molar-refractivity contribution in [3.63, 3.8) is 0 Å². The standard InChI is InChI=1S/C13H23N3/c1-5-8-14-12-9-10(4)15-13(16-12)11(6-2)7-3/h9,11H,5-8H2,1-4H3,(H,14,15,16). The van der Waals surface area contributed by atoms with E-state index in [9.17, 15) is 0 Å². The Morgan fingerprint density at radius 3 is 2.44 bits per heavy atom. The highest BCUT2D eigenvalue weighted by Gasteiger charge is 2.11. The van der Waals surface area contributed by atoms with Crippen molar-refractivity contribution in [2.45, 2.75) is 52.9 Å². The Kier molecular flexibility index (Phi) is 5.23. The molecule has 3 heteroatoms. The van der Waals surface area contributed by atoms with Gasteiger partial charge in [-0.2, -0.15) is 0 Å². The Morgan fingerprint density at radius 2 is 1.88 bits per heavy atom. The lowest BCUT2D eigenvalue weighted by molar-refractivity contribution is 0.600. The molecule has 1 rings (SSSR count). The second-order valence-corrected chi connectivity index (χ2v) is 4.19. The smallest absolute Gasteiger partial charge is 0.134 e. The zero-order valence-electron chi connectivity index (χ0n) is 10.9. The van der Waals surface area contributed by atoms with Crippen LogP contribution in [0.5, 0.6) is 0 Å². The van der Waals surface area contributed by atoms with Crippen molar-refractivity contribution in [3.8, 4) is 0 Å². The van der Waals surface area contributed by atoms with Gasteiger partial charge in [-0.1, -0.05) is 20.8 Å². The Morgan fingerprint density at radius 1 is 1.19 bits per heavy atom. The molecule has 1 N–H and O–H groups in total. The molecule has 0 aliphatic heterocycles. The molecule has 16 heavy (non-hydrogen) atoms. The number of rotatable bonds is 6. The molecule has 0 unspecified atom stereocenters. The van der Waals surface area contributed by atoms with Gasteiger partial charge in [0.1, 0.15) is 11.6 Å². The van der Waals surface area contributed by atoms with Gasteiger partial charge in [-0.3, -0.25) is 0 Å². The number of nitrogens with zero attached hydrogens (tertiary/aromatic N) is 2. The molecule has 0 saturated heterocycles. The Bertz CT molecular complexity index is 319. The lowest BCUT2D eigenvalue weighted by Gasteiger charge is -2.13. The summed E-state index contributed by atoms with van der Waals surface area (Å²) in [6, 6.07) is 2.02. The van der Waals surface area contributed by atoms with Crippen molar-refractivity contribution in [2.24, 2.45) is 0 Å². The lowest BCUT2D eigenvalue weighted by atomic mass is 10.0. The maximum atomic E-state index is 4.59. The number of aromatic nitrogens is 2. The first kappa shape index (κ1) is 12.9. The van der Waals surface area contributed by atoms with Gasteiger partial charge in [-0.05, 0) is 26.2 Å². The average Bonchev–Trinajstić information content (AvgIpc) is 2.27. The van der Waals surface area contributed by atoms with Crippen LogP contribution < -0.4 is 5.32 Å². The highest BCUT2D eigenvalue weighted by molar-refractivity contribution is 5.36. The molecule has 0 aromatic carbocycles. The number of anilines is 1. The van der Waals surface area contributed by atoms with Gasteiger partial charge < -0.3 is 5.32 Å². The molecule has 0 aliphatic carbocycles. The second kappa shape index (κ2) is 6.46. The van der Waals surface area contributed by atoms with E-state index in [-0.39, 0.29) is 0 Å². The van der Waals surface area contributed by atoms with Gasteiger partial charge in [0, 0.05) is 24.2 Å². The molecule has 1 heterocycles. The summed E-state index contributed by atoms with van der Waals surface area (Å²) in [5.74, 6) is 2.45. The van der Waals surface area contributed by atoms with Crippen LogP contribution in [-0.4, -0.2) is 16.5 Å². The maximum Gasteiger partial charge on any atom is 0.134 e. The molecule has 0 fully saturated rings. The third-order valence-electron chi connectivity index (χ3n) is 2.78. The zero-order chi connectivity index (χ0) is 12.0. The molecule has 0 radical (unpaired) electrons. The van der Waals surface area contributed by atoms with E-state index < -0.39 is 0 Å². The van der Waals surface area contributed by atoms with Crippen LogP contribution in [0.2, 0.25) is 0 Å². The van der Waals surface area contributed by atoms with Gasteiger partial charge in [0.2, 0.25) is 0 Å². The molecule has 0 atom stereocenters. The van der Waals surface area contributed by atoms with E-state index in [2.05, 4.69) is 36.1 Å². The third-order valence-corrected chi connectivity index (χ3v) is 2.78. The molecular formula is C13H23N3. The van der Waals surface area contributed by atoms with Crippen LogP contribution in [0.3, 0.4) is 0 Å². The van der Waals surface area contributed by atoms with E-state index in [1.807, 2.05) is 13.0 Å². The first-order valence-electron chi connectivity index (χ1n) is 6.30. The van der Waals surface area contributed by atoms with Gasteiger partial charge in [0.05, 0.1) is 0 Å². The van der Waals surface area contributed by atoms with Gasteiger partial charge in [0.25, 0.3) is 0 Å². The lowest BCUT2D eigenvalue weighted by Crippen LogP contribution is -2.09. The van der Waals surface area contributed by atoms with Gasteiger partial charge in [-0.25, -0.2) is 9.97 Å². The summed E-state index contributed by atoms with van der Waals surface area (Å²) in [7, 11) is 0. The van der Waals surface area contributed by atoms with Gasteiger partial charge in [-0.15, -0.1) is 0 Å². The fourth-order valence-corrected chi connectivity index (χ4v) is 1.77. The van der Waals surface area contributed by atoms with E-state index in [0.717, 1.165) is 43.1 Å². The summed E-state index contributed by atoms with van der Waals surface area (Å²) >= 11 is 0. The quantitative estimate of drug-likeness (QED) is 0.798. The minimum Gasteiger partial charge on any atom is -0.370 e. The van der Waals surface area contributed by atoms with Crippen LogP contribution in [0.4, 0.5) is 5.82 Å². The highest BCUT2D eigenvalue weighted by atomic mass is 15.0. The second-order valence-electron chi connectivity index (χ2n) is 4.19. The third kappa shape index (κ3) is 3.47. The van der Waals surface area contributed by atoms with Crippen LogP contribution in [0, 0.1) is 6.92 Å². The summed E-state index contributed by atoms with van der Waals surface area (Å²) in [6.07, 6.45) is 3.32. The normalized spacial score (nSPS) is 10.8. The Labute approximate surface area is 98.7 Å². The molecule has 3 nitrogen and oxygen atoms in total. The van der Waals surface area contributed by atoms with Crippen LogP contribution in [-0.2, 0) is 0 Å². The molecule has 1 aromatic rings. The van der Waals surface area contributed by atoms with E-state index >= 15 is 0 Å². The van der Waals surface area contributed by atoms with Gasteiger partial charge in [0.15, 0.2) is 0 Å². The topological polar surface area (TPSA) is 37.8 Å². The first-order chi connectivity index (χ1) is 7.71. The molecule has 0 spiro atoms. The monoisotopic (exact) mass is 221 g/mol. The fourth-order valence-electron chi connectivity index (χ4n) is 1.77. The summed E-state index contributed by atoms with van der Waals surface area (Å²) < 4.78 is 0. The summed E-state index contributed by atoms with van der Waals surface area (Å²) in [5.41, 5.74) is 1.05. The molecule has 0 amide bonds. The molecule has 1 aromatic heterocycles. The number of nitrogens with one attached hydrogen (secondary N) is 1. The Balaban J connectivity index is 2.88. The first-order valence-corrected chi connectivity index (χ1v) is 6.30. The predicted octanol–water partition coefficient (Wildman–Crippen LogP) is 3.51.